The molecule has 0 spiro atoms. The SMILES string of the molecule is CCCCC[C@H]1CC[C@H](c2ccc(-c3ccc(SC(F)(F)F)cc3)cc2)CC1. The number of rotatable bonds is 7. The summed E-state index contributed by atoms with van der Waals surface area (Å²) in [6, 6.07) is 15.2. The number of hydrogen-bond acceptors (Lipinski definition) is 1. The smallest absolute Gasteiger partial charge is 0.160 e. The van der Waals surface area contributed by atoms with Crippen molar-refractivity contribution in [1.29, 1.82) is 0 Å². The average molecular weight is 407 g/mol. The second-order valence-electron chi connectivity index (χ2n) is 7.91. The lowest BCUT2D eigenvalue weighted by atomic mass is 9.77. The van der Waals surface area contributed by atoms with Crippen LogP contribution in [0.1, 0.15) is 69.8 Å². The Hall–Kier alpha value is -1.42. The van der Waals surface area contributed by atoms with E-state index in [0.29, 0.717) is 5.92 Å². The summed E-state index contributed by atoms with van der Waals surface area (Å²) in [6.45, 7) is 2.26. The highest BCUT2D eigenvalue weighted by Crippen LogP contribution is 2.39. The summed E-state index contributed by atoms with van der Waals surface area (Å²) in [7, 11) is 0. The Bertz CT molecular complexity index is 711. The molecule has 0 heterocycles. The summed E-state index contributed by atoms with van der Waals surface area (Å²) in [5.41, 5.74) is -0.823. The van der Waals surface area contributed by atoms with Gasteiger partial charge in [-0.3, -0.25) is 0 Å². The average Bonchev–Trinajstić information content (AvgIpc) is 2.68. The molecular weight excluding hydrogens is 377 g/mol. The van der Waals surface area contributed by atoms with Crippen LogP contribution in [0, 0.1) is 5.92 Å². The maximum absolute atomic E-state index is 12.5. The number of alkyl halides is 3. The quantitative estimate of drug-likeness (QED) is 0.327. The van der Waals surface area contributed by atoms with Gasteiger partial charge in [-0.2, -0.15) is 13.2 Å². The maximum Gasteiger partial charge on any atom is 0.446 e. The van der Waals surface area contributed by atoms with Gasteiger partial charge in [-0.05, 0) is 78.1 Å². The molecule has 3 rings (SSSR count). The third-order valence-electron chi connectivity index (χ3n) is 5.87. The summed E-state index contributed by atoms with van der Waals surface area (Å²) in [4.78, 5) is 0.226. The Balaban J connectivity index is 1.55. The van der Waals surface area contributed by atoms with Gasteiger partial charge in [0.2, 0.25) is 0 Å². The molecule has 0 bridgehead atoms. The van der Waals surface area contributed by atoms with Crippen molar-refractivity contribution in [2.75, 3.05) is 0 Å². The fraction of sp³-hybridized carbons (Fsp3) is 0.500. The zero-order valence-electron chi connectivity index (χ0n) is 16.5. The van der Waals surface area contributed by atoms with Crippen molar-refractivity contribution in [3.05, 3.63) is 54.1 Å². The van der Waals surface area contributed by atoms with Crippen molar-refractivity contribution in [3.63, 3.8) is 0 Å². The fourth-order valence-corrected chi connectivity index (χ4v) is 4.80. The van der Waals surface area contributed by atoms with Crippen LogP contribution < -0.4 is 0 Å². The topological polar surface area (TPSA) is 0 Å². The van der Waals surface area contributed by atoms with E-state index in [4.69, 9.17) is 0 Å². The monoisotopic (exact) mass is 406 g/mol. The van der Waals surface area contributed by atoms with E-state index in [0.717, 1.165) is 17.0 Å². The third-order valence-corrected chi connectivity index (χ3v) is 6.61. The second-order valence-corrected chi connectivity index (χ2v) is 9.05. The van der Waals surface area contributed by atoms with Crippen LogP contribution in [0.25, 0.3) is 11.1 Å². The van der Waals surface area contributed by atoms with E-state index in [1.54, 1.807) is 24.3 Å². The standard InChI is InChI=1S/C24H29F3S/c1-2-3-4-5-18-6-8-19(9-7-18)20-10-12-21(13-11-20)22-14-16-23(17-15-22)28-24(25,26)27/h10-19H,2-9H2,1H3/t18-,19-. The first-order chi connectivity index (χ1) is 13.4. The minimum atomic E-state index is -4.24. The molecule has 0 unspecified atom stereocenters. The molecule has 4 heteroatoms. The zero-order valence-corrected chi connectivity index (χ0v) is 17.3. The number of thioether (sulfide) groups is 1. The zero-order chi connectivity index (χ0) is 20.0. The molecule has 152 valence electrons. The summed E-state index contributed by atoms with van der Waals surface area (Å²) >= 11 is -0.0680. The van der Waals surface area contributed by atoms with E-state index in [1.165, 1.54) is 56.9 Å². The van der Waals surface area contributed by atoms with Gasteiger partial charge in [0.05, 0.1) is 0 Å². The Labute approximate surface area is 170 Å². The van der Waals surface area contributed by atoms with Gasteiger partial charge in [0, 0.05) is 4.90 Å². The van der Waals surface area contributed by atoms with Crippen molar-refractivity contribution < 1.29 is 13.2 Å². The molecule has 0 aromatic heterocycles. The Kier molecular flexibility index (Phi) is 7.50. The van der Waals surface area contributed by atoms with E-state index in [9.17, 15) is 13.2 Å². The van der Waals surface area contributed by atoms with Gasteiger partial charge in [0.15, 0.2) is 0 Å². The van der Waals surface area contributed by atoms with E-state index < -0.39 is 5.51 Å². The van der Waals surface area contributed by atoms with Gasteiger partial charge >= 0.3 is 5.51 Å². The summed E-state index contributed by atoms with van der Waals surface area (Å²) in [6.07, 6.45) is 10.7. The molecular formula is C24H29F3S. The number of benzene rings is 2. The third kappa shape index (κ3) is 6.30. The van der Waals surface area contributed by atoms with Crippen LogP contribution in [-0.4, -0.2) is 5.51 Å². The molecule has 1 fully saturated rings. The lowest BCUT2D eigenvalue weighted by Gasteiger charge is -2.29. The molecule has 1 aliphatic rings. The van der Waals surface area contributed by atoms with E-state index >= 15 is 0 Å². The maximum atomic E-state index is 12.5. The molecule has 28 heavy (non-hydrogen) atoms. The van der Waals surface area contributed by atoms with Crippen LogP contribution in [0.4, 0.5) is 13.2 Å². The Morgan fingerprint density at radius 3 is 1.93 bits per heavy atom. The molecule has 0 saturated heterocycles. The van der Waals surface area contributed by atoms with Crippen molar-refractivity contribution in [2.24, 2.45) is 5.92 Å². The van der Waals surface area contributed by atoms with Crippen molar-refractivity contribution >= 4 is 11.8 Å². The lowest BCUT2D eigenvalue weighted by molar-refractivity contribution is -0.0328. The van der Waals surface area contributed by atoms with Crippen molar-refractivity contribution in [3.8, 4) is 11.1 Å². The fourth-order valence-electron chi connectivity index (χ4n) is 4.26. The van der Waals surface area contributed by atoms with E-state index in [2.05, 4.69) is 31.2 Å². The minimum absolute atomic E-state index is 0.0680. The highest BCUT2D eigenvalue weighted by Gasteiger charge is 2.29. The molecule has 1 saturated carbocycles. The van der Waals surface area contributed by atoms with Gasteiger partial charge in [-0.1, -0.05) is 69.0 Å². The molecule has 1 aliphatic carbocycles. The Morgan fingerprint density at radius 1 is 0.821 bits per heavy atom. The van der Waals surface area contributed by atoms with Crippen LogP contribution in [0.3, 0.4) is 0 Å². The predicted molar refractivity (Wildman–Crippen MR) is 113 cm³/mol. The molecule has 0 radical (unpaired) electrons. The van der Waals surface area contributed by atoms with Gasteiger partial charge in [0.25, 0.3) is 0 Å². The van der Waals surface area contributed by atoms with Crippen LogP contribution in [0.2, 0.25) is 0 Å². The second kappa shape index (κ2) is 9.87. The summed E-state index contributed by atoms with van der Waals surface area (Å²) in [5.74, 6) is 1.57. The normalized spacial score (nSPS) is 20.3. The highest BCUT2D eigenvalue weighted by atomic mass is 32.2. The molecule has 0 atom stereocenters. The van der Waals surface area contributed by atoms with Gasteiger partial charge in [0.1, 0.15) is 0 Å². The first-order valence-electron chi connectivity index (χ1n) is 10.4. The molecule has 0 amide bonds. The van der Waals surface area contributed by atoms with Crippen LogP contribution in [0.5, 0.6) is 0 Å². The van der Waals surface area contributed by atoms with Crippen molar-refractivity contribution in [2.45, 2.75) is 74.6 Å². The summed E-state index contributed by atoms with van der Waals surface area (Å²) < 4.78 is 37.4. The van der Waals surface area contributed by atoms with Crippen LogP contribution >= 0.6 is 11.8 Å². The number of halogens is 3. The Morgan fingerprint density at radius 2 is 1.39 bits per heavy atom. The number of unbranched alkanes of at least 4 members (excludes halogenated alkanes) is 2. The highest BCUT2D eigenvalue weighted by molar-refractivity contribution is 8.00. The van der Waals surface area contributed by atoms with Crippen LogP contribution in [-0.2, 0) is 0 Å². The molecule has 0 nitrogen and oxygen atoms in total. The molecule has 0 N–H and O–H groups in total. The van der Waals surface area contributed by atoms with Gasteiger partial charge in [-0.25, -0.2) is 0 Å². The molecule has 0 aliphatic heterocycles. The predicted octanol–water partition coefficient (Wildman–Crippen LogP) is 8.82. The first-order valence-corrected chi connectivity index (χ1v) is 11.2. The summed E-state index contributed by atoms with van der Waals surface area (Å²) in [5, 5.41) is 0. The van der Waals surface area contributed by atoms with E-state index in [1.807, 2.05) is 0 Å². The first kappa shape index (κ1) is 21.3. The largest absolute Gasteiger partial charge is 0.446 e. The minimum Gasteiger partial charge on any atom is -0.160 e. The van der Waals surface area contributed by atoms with Crippen LogP contribution in [0.15, 0.2) is 53.4 Å². The molecule has 2 aromatic carbocycles. The van der Waals surface area contributed by atoms with Gasteiger partial charge < -0.3 is 0 Å². The number of hydrogen-bond donors (Lipinski definition) is 0. The van der Waals surface area contributed by atoms with Crippen molar-refractivity contribution in [1.82, 2.24) is 0 Å². The lowest BCUT2D eigenvalue weighted by Crippen LogP contribution is -2.13. The van der Waals surface area contributed by atoms with E-state index in [-0.39, 0.29) is 16.7 Å². The molecule has 2 aromatic rings. The van der Waals surface area contributed by atoms with Gasteiger partial charge in [-0.15, -0.1) is 0 Å².